The number of benzene rings is 3. The number of carbonyl (C=O) groups is 3. The SMILES string of the molecule is C[C@H](NC(=O)COc1ccc(O)cc1)C(=O)N[C@H]1N=C(c2ccccc2)c2ccccc2N(C)C1=O. The first kappa shape index (κ1) is 24.5. The second kappa shape index (κ2) is 10.7. The summed E-state index contributed by atoms with van der Waals surface area (Å²) in [5, 5.41) is 14.5. The molecule has 3 aromatic carbocycles. The van der Waals surface area contributed by atoms with Crippen LogP contribution in [-0.2, 0) is 14.4 Å². The number of nitrogens with zero attached hydrogens (tertiary/aromatic N) is 2. The number of para-hydroxylation sites is 1. The fourth-order valence-corrected chi connectivity index (χ4v) is 3.74. The van der Waals surface area contributed by atoms with E-state index in [9.17, 15) is 19.5 Å². The first-order valence-electron chi connectivity index (χ1n) is 11.4. The van der Waals surface area contributed by atoms with Crippen LogP contribution in [0.25, 0.3) is 0 Å². The predicted octanol–water partition coefficient (Wildman–Crippen LogP) is 2.23. The Bertz CT molecular complexity index is 1290. The molecule has 3 N–H and O–H groups in total. The molecule has 2 atom stereocenters. The van der Waals surface area contributed by atoms with Crippen molar-refractivity contribution in [2.75, 3.05) is 18.6 Å². The Labute approximate surface area is 208 Å². The molecule has 1 heterocycles. The van der Waals surface area contributed by atoms with E-state index in [1.807, 2.05) is 54.6 Å². The molecular formula is C27H26N4O5. The van der Waals surface area contributed by atoms with Crippen molar-refractivity contribution < 1.29 is 24.2 Å². The van der Waals surface area contributed by atoms with Crippen LogP contribution >= 0.6 is 0 Å². The zero-order valence-corrected chi connectivity index (χ0v) is 19.8. The summed E-state index contributed by atoms with van der Waals surface area (Å²) in [5.74, 6) is -1.01. The number of fused-ring (bicyclic) bond motifs is 1. The molecule has 0 radical (unpaired) electrons. The van der Waals surface area contributed by atoms with Crippen LogP contribution in [0.4, 0.5) is 5.69 Å². The molecule has 0 saturated heterocycles. The third-order valence-electron chi connectivity index (χ3n) is 5.65. The van der Waals surface area contributed by atoms with Gasteiger partial charge in [-0.25, -0.2) is 4.99 Å². The topological polar surface area (TPSA) is 120 Å². The molecule has 0 unspecified atom stereocenters. The van der Waals surface area contributed by atoms with Crippen molar-refractivity contribution >= 4 is 29.1 Å². The van der Waals surface area contributed by atoms with Crippen molar-refractivity contribution in [3.63, 3.8) is 0 Å². The Morgan fingerprint density at radius 3 is 2.42 bits per heavy atom. The van der Waals surface area contributed by atoms with Crippen LogP contribution in [0.15, 0.2) is 83.9 Å². The maximum atomic E-state index is 13.2. The fraction of sp³-hybridized carbons (Fsp3) is 0.185. The van der Waals surface area contributed by atoms with E-state index in [1.54, 1.807) is 7.05 Å². The highest BCUT2D eigenvalue weighted by Gasteiger charge is 2.32. The zero-order chi connectivity index (χ0) is 25.7. The van der Waals surface area contributed by atoms with E-state index in [0.29, 0.717) is 17.1 Å². The third-order valence-corrected chi connectivity index (χ3v) is 5.65. The molecule has 0 saturated carbocycles. The van der Waals surface area contributed by atoms with Crippen molar-refractivity contribution in [1.29, 1.82) is 0 Å². The van der Waals surface area contributed by atoms with Gasteiger partial charge in [0.2, 0.25) is 12.1 Å². The van der Waals surface area contributed by atoms with Gasteiger partial charge >= 0.3 is 0 Å². The summed E-state index contributed by atoms with van der Waals surface area (Å²) < 4.78 is 5.36. The number of aliphatic imine (C=N–C) groups is 1. The van der Waals surface area contributed by atoms with Crippen LogP contribution in [0.1, 0.15) is 18.1 Å². The number of likely N-dealkylation sites (N-methyl/N-ethyl adjacent to an activating group) is 1. The van der Waals surface area contributed by atoms with Crippen LogP contribution in [0.5, 0.6) is 11.5 Å². The fourth-order valence-electron chi connectivity index (χ4n) is 3.74. The molecule has 0 spiro atoms. The summed E-state index contributed by atoms with van der Waals surface area (Å²) in [6, 6.07) is 21.8. The Morgan fingerprint density at radius 2 is 1.69 bits per heavy atom. The number of carbonyl (C=O) groups excluding carboxylic acids is 3. The third kappa shape index (κ3) is 5.52. The number of hydrogen-bond acceptors (Lipinski definition) is 6. The molecule has 1 aliphatic heterocycles. The van der Waals surface area contributed by atoms with Gasteiger partial charge in [-0.3, -0.25) is 14.4 Å². The first-order chi connectivity index (χ1) is 17.3. The maximum Gasteiger partial charge on any atom is 0.272 e. The number of phenolic OH excluding ortho intramolecular Hbond substituents is 1. The van der Waals surface area contributed by atoms with E-state index >= 15 is 0 Å². The number of benzodiazepines with no additional fused rings is 1. The van der Waals surface area contributed by atoms with Gasteiger partial charge in [-0.15, -0.1) is 0 Å². The lowest BCUT2D eigenvalue weighted by Gasteiger charge is -2.22. The summed E-state index contributed by atoms with van der Waals surface area (Å²) in [6.07, 6.45) is -1.18. The normalized spacial score (nSPS) is 15.7. The second-order valence-electron chi connectivity index (χ2n) is 8.24. The van der Waals surface area contributed by atoms with E-state index in [0.717, 1.165) is 11.1 Å². The molecule has 36 heavy (non-hydrogen) atoms. The summed E-state index contributed by atoms with van der Waals surface area (Å²) in [7, 11) is 1.63. The second-order valence-corrected chi connectivity index (χ2v) is 8.24. The number of hydrogen-bond donors (Lipinski definition) is 3. The highest BCUT2D eigenvalue weighted by Crippen LogP contribution is 2.27. The molecule has 0 bridgehead atoms. The molecule has 0 fully saturated rings. The zero-order valence-electron chi connectivity index (χ0n) is 19.8. The number of nitrogens with one attached hydrogen (secondary N) is 2. The van der Waals surface area contributed by atoms with E-state index in [-0.39, 0.29) is 12.4 Å². The van der Waals surface area contributed by atoms with Crippen molar-refractivity contribution in [3.05, 3.63) is 90.0 Å². The minimum atomic E-state index is -1.18. The smallest absolute Gasteiger partial charge is 0.272 e. The number of rotatable bonds is 7. The van der Waals surface area contributed by atoms with Crippen LogP contribution < -0.4 is 20.3 Å². The van der Waals surface area contributed by atoms with Gasteiger partial charge in [0.15, 0.2) is 6.61 Å². The van der Waals surface area contributed by atoms with Crippen LogP contribution in [-0.4, -0.2) is 54.4 Å². The molecule has 184 valence electrons. The molecule has 3 amide bonds. The highest BCUT2D eigenvalue weighted by atomic mass is 16.5. The van der Waals surface area contributed by atoms with Crippen molar-refractivity contribution in [2.45, 2.75) is 19.1 Å². The van der Waals surface area contributed by atoms with Crippen LogP contribution in [0.2, 0.25) is 0 Å². The predicted molar refractivity (Wildman–Crippen MR) is 135 cm³/mol. The van der Waals surface area contributed by atoms with Gasteiger partial charge in [-0.1, -0.05) is 48.5 Å². The van der Waals surface area contributed by atoms with Crippen LogP contribution in [0.3, 0.4) is 0 Å². The van der Waals surface area contributed by atoms with E-state index in [2.05, 4.69) is 15.6 Å². The average molecular weight is 487 g/mol. The van der Waals surface area contributed by atoms with Gasteiger partial charge in [-0.05, 0) is 37.3 Å². The molecule has 9 nitrogen and oxygen atoms in total. The molecule has 3 aromatic rings. The lowest BCUT2D eigenvalue weighted by atomic mass is 10.0. The Balaban J connectivity index is 1.48. The molecule has 0 aromatic heterocycles. The van der Waals surface area contributed by atoms with E-state index in [1.165, 1.54) is 36.1 Å². The highest BCUT2D eigenvalue weighted by molar-refractivity contribution is 6.20. The van der Waals surface area contributed by atoms with Crippen molar-refractivity contribution in [1.82, 2.24) is 10.6 Å². The lowest BCUT2D eigenvalue weighted by molar-refractivity contribution is -0.131. The molecular weight excluding hydrogens is 460 g/mol. The summed E-state index contributed by atoms with van der Waals surface area (Å²) in [6.45, 7) is 1.19. The molecule has 4 rings (SSSR count). The average Bonchev–Trinajstić information content (AvgIpc) is 2.99. The quantitative estimate of drug-likeness (QED) is 0.473. The van der Waals surface area contributed by atoms with Gasteiger partial charge in [0.1, 0.15) is 17.5 Å². The number of anilines is 1. The summed E-state index contributed by atoms with van der Waals surface area (Å²) in [5.41, 5.74) is 2.83. The monoisotopic (exact) mass is 486 g/mol. The van der Waals surface area contributed by atoms with Crippen molar-refractivity contribution in [3.8, 4) is 11.5 Å². The number of amides is 3. The van der Waals surface area contributed by atoms with Gasteiger partial charge < -0.3 is 25.4 Å². The van der Waals surface area contributed by atoms with E-state index in [4.69, 9.17) is 4.74 Å². The number of ether oxygens (including phenoxy) is 1. The Hall–Kier alpha value is -4.66. The summed E-state index contributed by atoms with van der Waals surface area (Å²) >= 11 is 0. The Morgan fingerprint density at radius 1 is 1.03 bits per heavy atom. The van der Waals surface area contributed by atoms with Gasteiger partial charge in [0, 0.05) is 18.2 Å². The minimum absolute atomic E-state index is 0.0805. The standard InChI is InChI=1S/C27H26N4O5/c1-17(28-23(33)16-36-20-14-12-19(32)13-15-20)26(34)30-25-27(35)31(2)22-11-7-6-10-21(22)24(29-25)18-8-4-3-5-9-18/h3-15,17,25,32H,16H2,1-2H3,(H,28,33)(H,30,34)/t17-,25+/m0/s1. The number of aromatic hydroxyl groups is 1. The molecule has 0 aliphatic carbocycles. The van der Waals surface area contributed by atoms with Crippen molar-refractivity contribution in [2.24, 2.45) is 4.99 Å². The van der Waals surface area contributed by atoms with Gasteiger partial charge in [-0.2, -0.15) is 0 Å². The number of phenols is 1. The summed E-state index contributed by atoms with van der Waals surface area (Å²) in [4.78, 5) is 44.5. The van der Waals surface area contributed by atoms with E-state index < -0.39 is 29.9 Å². The molecule has 1 aliphatic rings. The van der Waals surface area contributed by atoms with Crippen LogP contribution in [0, 0.1) is 0 Å². The van der Waals surface area contributed by atoms with Gasteiger partial charge in [0.25, 0.3) is 11.8 Å². The Kier molecular flexibility index (Phi) is 7.29. The lowest BCUT2D eigenvalue weighted by Crippen LogP contribution is -2.52. The first-order valence-corrected chi connectivity index (χ1v) is 11.4. The van der Waals surface area contributed by atoms with Gasteiger partial charge in [0.05, 0.1) is 11.4 Å². The largest absolute Gasteiger partial charge is 0.508 e. The molecule has 9 heteroatoms. The minimum Gasteiger partial charge on any atom is -0.508 e. The maximum absolute atomic E-state index is 13.2.